The van der Waals surface area contributed by atoms with Crippen molar-refractivity contribution in [3.63, 3.8) is 0 Å². The van der Waals surface area contributed by atoms with Crippen molar-refractivity contribution in [3.05, 3.63) is 163 Å². The van der Waals surface area contributed by atoms with Crippen LogP contribution in [0.4, 0.5) is 123 Å². The van der Waals surface area contributed by atoms with Crippen LogP contribution in [-0.4, -0.2) is 19.7 Å². The zero-order valence-electron chi connectivity index (χ0n) is 52.8. The van der Waals surface area contributed by atoms with Crippen molar-refractivity contribution < 1.29 is 128 Å². The van der Waals surface area contributed by atoms with Crippen LogP contribution in [0.15, 0.2) is 0 Å². The predicted octanol–water partition coefficient (Wildman–Crippen LogP) is 20.9. The largest absolute Gasteiger partial charge is 0.349 e. The van der Waals surface area contributed by atoms with Crippen LogP contribution in [0.25, 0.3) is 43.1 Å². The van der Waals surface area contributed by atoms with E-state index in [0.29, 0.717) is 0 Å². The lowest BCUT2D eigenvalue weighted by Gasteiger charge is -2.47. The van der Waals surface area contributed by atoms with Crippen LogP contribution in [0.3, 0.4) is 0 Å². The van der Waals surface area contributed by atoms with Crippen molar-refractivity contribution >= 4 is 71.1 Å². The Morgan fingerprint density at radius 2 is 0.303 bits per heavy atom. The molecule has 0 aliphatic heterocycles. The lowest BCUT2D eigenvalue weighted by atomic mass is 9.11. The molecule has 0 atom stereocenters. The van der Waals surface area contributed by atoms with Gasteiger partial charge in [0.25, 0.3) is 0 Å². The Hall–Kier alpha value is -7.14. The van der Waals surface area contributed by atoms with Crippen LogP contribution in [0, 0.1) is 163 Å². The Morgan fingerprint density at radius 3 is 0.455 bits per heavy atom. The first-order valence-electron chi connectivity index (χ1n) is 32.1. The summed E-state index contributed by atoms with van der Waals surface area (Å²) in [6.07, 6.45) is 30.3. The summed E-state index contributed by atoms with van der Waals surface area (Å²) < 4.78 is 446. The van der Waals surface area contributed by atoms with Crippen LogP contribution < -0.4 is 27.2 Å². The van der Waals surface area contributed by atoms with E-state index in [2.05, 4.69) is 19.3 Å². The molecule has 99 heavy (non-hydrogen) atoms. The summed E-state index contributed by atoms with van der Waals surface area (Å²) in [5.41, 5.74) is -15.5. The van der Waals surface area contributed by atoms with E-state index < -0.39 is 234 Å². The Kier molecular flexibility index (Phi) is 27.2. The molecule has 0 saturated heterocycles. The Morgan fingerprint density at radius 1 is 0.172 bits per heavy atom. The van der Waals surface area contributed by atoms with Crippen LogP contribution in [-0.2, 0) is 0 Å². The molecule has 0 fully saturated rings. The monoisotopic (exact) mass is 1450 g/mol. The fourth-order valence-corrected chi connectivity index (χ4v) is 13.3. The van der Waals surface area contributed by atoms with Gasteiger partial charge < -0.3 is 5.32 Å². The van der Waals surface area contributed by atoms with Gasteiger partial charge in [-0.3, -0.25) is 0 Å². The zero-order chi connectivity index (χ0) is 73.4. The maximum Gasteiger partial charge on any atom is 0.198 e. The lowest BCUT2D eigenvalue weighted by Crippen LogP contribution is -2.79. The highest BCUT2D eigenvalue weighted by molar-refractivity contribution is 7.23. The lowest BCUT2D eigenvalue weighted by molar-refractivity contribution is -0.627. The van der Waals surface area contributed by atoms with E-state index in [0.717, 1.165) is 0 Å². The minimum atomic E-state index is -8.05. The van der Waals surface area contributed by atoms with Crippen molar-refractivity contribution in [1.29, 1.82) is 0 Å². The van der Waals surface area contributed by atoms with Gasteiger partial charge in [0, 0.05) is 0 Å². The van der Waals surface area contributed by atoms with E-state index in [9.17, 15) is 17.6 Å². The Labute approximate surface area is 548 Å². The summed E-state index contributed by atoms with van der Waals surface area (Å²) in [5, 5.41) is -24.7. The second kappa shape index (κ2) is 34.0. The van der Waals surface area contributed by atoms with Crippen molar-refractivity contribution in [2.75, 3.05) is 13.6 Å². The van der Waals surface area contributed by atoms with Gasteiger partial charge in [0.05, 0.1) is 35.1 Å². The summed E-state index contributed by atoms with van der Waals surface area (Å²) in [4.78, 5) is 0. The highest BCUT2D eigenvalue weighted by atomic mass is 19.2. The molecule has 8 rings (SSSR count). The summed E-state index contributed by atoms with van der Waals surface area (Å²) >= 11 is 0. The highest BCUT2D eigenvalue weighted by Gasteiger charge is 2.52. The van der Waals surface area contributed by atoms with Gasteiger partial charge in [0.15, 0.2) is 140 Å². The van der Waals surface area contributed by atoms with Crippen LogP contribution in [0.5, 0.6) is 0 Å². The number of quaternary nitrogens is 1. The molecule has 30 heteroatoms. The first-order valence-corrected chi connectivity index (χ1v) is 32.1. The molecule has 0 bridgehead atoms. The normalized spacial score (nSPS) is 12.1. The molecule has 8 aromatic carbocycles. The number of hydrogen-bond donors (Lipinski definition) is 1. The SMILES string of the molecule is CCCCCCCCCCCCCCCCCCCCCCCCCCCC[NH2+]C.Fc1c(F)c(F)c2c([B-](c3c(F)c(F)c(F)c4c(F)c(F)c(F)c(F)c34)(c3c(F)c(F)c(F)c4c(F)c(F)c(F)c(F)c34)c3c(F)c(F)c(F)c4c(F)c(F)c(F)c(F)c34)c(F)c(F)c(F)c2c1F. The predicted molar refractivity (Wildman–Crippen MR) is 317 cm³/mol. The van der Waals surface area contributed by atoms with Gasteiger partial charge in [-0.1, -0.05) is 161 Å². The van der Waals surface area contributed by atoms with E-state index in [1.807, 2.05) is 0 Å². The molecule has 0 aromatic heterocycles. The van der Waals surface area contributed by atoms with Gasteiger partial charge in [-0.25, -0.2) is 123 Å². The molecule has 0 saturated carbocycles. The third-order valence-corrected chi connectivity index (χ3v) is 18.1. The van der Waals surface area contributed by atoms with Crippen molar-refractivity contribution in [2.24, 2.45) is 0 Å². The van der Waals surface area contributed by atoms with Gasteiger partial charge in [0.2, 0.25) is 0 Å². The minimum absolute atomic E-state index is 1.32. The fourth-order valence-electron chi connectivity index (χ4n) is 13.3. The molecule has 0 spiro atoms. The topological polar surface area (TPSA) is 16.6 Å². The van der Waals surface area contributed by atoms with Gasteiger partial charge in [-0.15, -0.1) is 21.9 Å². The summed E-state index contributed by atoms with van der Waals surface area (Å²) in [6, 6.07) is 0. The molecular formula is C69H62BF28N. The number of halogens is 28. The molecule has 0 amide bonds. The number of benzene rings is 8. The van der Waals surface area contributed by atoms with Gasteiger partial charge >= 0.3 is 0 Å². The van der Waals surface area contributed by atoms with Gasteiger partial charge in [-0.2, -0.15) is 0 Å². The van der Waals surface area contributed by atoms with E-state index in [1.54, 1.807) is 0 Å². The molecule has 2 N–H and O–H groups in total. The van der Waals surface area contributed by atoms with E-state index in [1.165, 1.54) is 173 Å². The third-order valence-electron chi connectivity index (χ3n) is 18.1. The Balaban J connectivity index is 0.000000388. The first kappa shape index (κ1) is 79.2. The third kappa shape index (κ3) is 14.8. The molecule has 8 aromatic rings. The molecule has 0 unspecified atom stereocenters. The molecule has 0 aliphatic rings. The van der Waals surface area contributed by atoms with Gasteiger partial charge in [-0.05, 0) is 34.4 Å². The number of rotatable bonds is 31. The first-order chi connectivity index (χ1) is 46.9. The van der Waals surface area contributed by atoms with Crippen LogP contribution >= 0.6 is 0 Å². The molecule has 0 heterocycles. The second-order valence-electron chi connectivity index (χ2n) is 24.3. The second-order valence-corrected chi connectivity index (χ2v) is 24.3. The molecule has 0 aliphatic carbocycles. The van der Waals surface area contributed by atoms with Crippen molar-refractivity contribution in [3.8, 4) is 0 Å². The van der Waals surface area contributed by atoms with E-state index in [4.69, 9.17) is 0 Å². The summed E-state index contributed by atoms with van der Waals surface area (Å²) in [5.74, 6) is -104. The van der Waals surface area contributed by atoms with E-state index >= 15 is 105 Å². The summed E-state index contributed by atoms with van der Waals surface area (Å²) in [7, 11) is 2.18. The quantitative estimate of drug-likeness (QED) is 0.0147. The number of hydrogen-bond acceptors (Lipinski definition) is 0. The average Bonchev–Trinajstić information content (AvgIpc) is 0.662. The summed E-state index contributed by atoms with van der Waals surface area (Å²) in [6.45, 7) is 3.62. The average molecular weight is 1450 g/mol. The highest BCUT2D eigenvalue weighted by Crippen LogP contribution is 2.42. The number of fused-ring (bicyclic) bond motifs is 4. The van der Waals surface area contributed by atoms with Crippen molar-refractivity contribution in [1.82, 2.24) is 0 Å². The van der Waals surface area contributed by atoms with Crippen LogP contribution in [0.2, 0.25) is 0 Å². The maximum atomic E-state index is 17.3. The van der Waals surface area contributed by atoms with Crippen molar-refractivity contribution in [2.45, 2.75) is 174 Å². The van der Waals surface area contributed by atoms with Crippen LogP contribution in [0.1, 0.15) is 174 Å². The number of unbranched alkanes of at least 4 members (excludes halogenated alkanes) is 25. The molecule has 1 nitrogen and oxygen atoms in total. The fraction of sp³-hybridized carbons (Fsp3) is 0.420. The zero-order valence-corrected chi connectivity index (χ0v) is 52.8. The molecule has 0 radical (unpaired) electrons. The Bertz CT molecular complexity index is 3780. The minimum Gasteiger partial charge on any atom is -0.349 e. The maximum absolute atomic E-state index is 17.3. The van der Waals surface area contributed by atoms with Gasteiger partial charge in [0.1, 0.15) is 29.4 Å². The number of nitrogens with two attached hydrogens (primary N) is 1. The standard InChI is InChI=1S/C40BF28.C29H61N/c42-13-1-5(21(50)37(66)33(13)62)17(46)29(58)25(54)9(1)41(10-2-6(18(47)30(59)26(10)55)22(51)38(67)34(63)14(2)43,11-3-7(19(48)31(60)27(11)56)23(52)39(68)35(64)15(3)44)12-4-8(20(49)32(61)28(12)57)24(53)40(69)36(65)16(4)45;1-3-4-5-6-7-8-9-10-11-12-13-14-15-16-17-18-19-20-21-22-23-24-25-26-27-28-29-30-2/h;30H,3-29H2,1-2H3/q-1;/p+1. The van der Waals surface area contributed by atoms with E-state index in [-0.39, 0.29) is 0 Å². The smallest absolute Gasteiger partial charge is 0.198 e. The molecule has 542 valence electrons. The molecular weight excluding hydrogens is 1390 g/mol.